The number of methoxy groups -OCH3 is 1. The van der Waals surface area contributed by atoms with E-state index in [1.165, 1.54) is 37.4 Å². The fourth-order valence-corrected chi connectivity index (χ4v) is 6.19. The second-order valence-electron chi connectivity index (χ2n) is 11.2. The van der Waals surface area contributed by atoms with Crippen LogP contribution in [-0.4, -0.2) is 74.6 Å². The zero-order valence-corrected chi connectivity index (χ0v) is 24.2. The molecule has 0 radical (unpaired) electrons. The molecular weight excluding hydrogens is 570 g/mol. The van der Waals surface area contributed by atoms with Gasteiger partial charge in [-0.25, -0.2) is 4.79 Å². The van der Waals surface area contributed by atoms with Crippen LogP contribution in [0.3, 0.4) is 0 Å². The van der Waals surface area contributed by atoms with Crippen molar-refractivity contribution in [2.75, 3.05) is 7.11 Å². The number of ether oxygens (including phenoxy) is 3. The molecule has 3 aromatic rings. The molecule has 228 valence electrons. The molecule has 5 atom stereocenters. The lowest BCUT2D eigenvalue weighted by molar-refractivity contribution is -0.216. The number of hydrogen-bond acceptors (Lipinski definition) is 10. The van der Waals surface area contributed by atoms with Crippen LogP contribution in [0.15, 0.2) is 60.3 Å². The van der Waals surface area contributed by atoms with Gasteiger partial charge in [-0.2, -0.15) is 0 Å². The number of fused-ring (bicyclic) bond motifs is 3. The van der Waals surface area contributed by atoms with Crippen LogP contribution in [0.5, 0.6) is 11.5 Å². The van der Waals surface area contributed by atoms with Gasteiger partial charge in [0.1, 0.15) is 23.3 Å². The van der Waals surface area contributed by atoms with Crippen LogP contribution < -0.4 is 4.74 Å². The summed E-state index contributed by atoms with van der Waals surface area (Å²) in [5, 5.41) is 40.8. The molecule has 11 nitrogen and oxygen atoms in total. The smallest absolute Gasteiger partial charge is 0.335 e. The Morgan fingerprint density at radius 1 is 1.05 bits per heavy atom. The summed E-state index contributed by atoms with van der Waals surface area (Å²) in [6.07, 6.45) is -4.89. The van der Waals surface area contributed by atoms with Crippen molar-refractivity contribution in [3.05, 3.63) is 99.2 Å². The zero-order chi connectivity index (χ0) is 31.4. The van der Waals surface area contributed by atoms with Crippen LogP contribution in [0.2, 0.25) is 0 Å². The third-order valence-electron chi connectivity index (χ3n) is 8.27. The van der Waals surface area contributed by atoms with Gasteiger partial charge in [-0.3, -0.25) is 9.59 Å². The minimum atomic E-state index is -1.11. The topological polar surface area (TPSA) is 163 Å². The van der Waals surface area contributed by atoms with Crippen LogP contribution in [0.1, 0.15) is 72.9 Å². The average Bonchev–Trinajstić information content (AvgIpc) is 2.98. The fraction of sp³-hybridized carbons (Fsp3) is 0.303. The second-order valence-corrected chi connectivity index (χ2v) is 11.2. The zero-order valence-electron chi connectivity index (χ0n) is 24.2. The predicted molar refractivity (Wildman–Crippen MR) is 155 cm³/mol. The first-order valence-electron chi connectivity index (χ1n) is 14.1. The molecule has 44 heavy (non-hydrogen) atoms. The number of ketones is 2. The van der Waals surface area contributed by atoms with Crippen LogP contribution in [-0.2, 0) is 16.0 Å². The molecule has 1 fully saturated rings. The van der Waals surface area contributed by atoms with Crippen LogP contribution in [0.4, 0.5) is 0 Å². The van der Waals surface area contributed by atoms with Crippen molar-refractivity contribution in [3.63, 3.8) is 0 Å². The number of aliphatic hydroxyl groups excluding tert-OH is 2. The van der Waals surface area contributed by atoms with E-state index < -0.39 is 48.4 Å². The number of aliphatic hydroxyl groups is 2. The highest BCUT2D eigenvalue weighted by Gasteiger charge is 2.46. The van der Waals surface area contributed by atoms with Crippen LogP contribution in [0, 0.1) is 6.92 Å². The van der Waals surface area contributed by atoms with E-state index in [4.69, 9.17) is 14.2 Å². The Labute approximate surface area is 252 Å². The van der Waals surface area contributed by atoms with Crippen molar-refractivity contribution < 1.29 is 49.0 Å². The number of allylic oxidation sites excluding steroid dienone is 2. The second kappa shape index (κ2) is 11.2. The number of carboxylic acids is 1. The van der Waals surface area contributed by atoms with Crippen LogP contribution >= 0.6 is 0 Å². The monoisotopic (exact) mass is 601 g/mol. The van der Waals surface area contributed by atoms with E-state index in [0.29, 0.717) is 11.1 Å². The van der Waals surface area contributed by atoms with Gasteiger partial charge in [0.25, 0.3) is 0 Å². The largest absolute Gasteiger partial charge is 0.507 e. The van der Waals surface area contributed by atoms with Gasteiger partial charge in [-0.15, -0.1) is 0 Å². The SMILES string of the molecule is COC1c2cc(C)cc(O)c2C2=C(C(=O)c3c(O[C@H]4C[C@H](O)[C@@H](O)C(C)O4)cccc3C2=O)N1Cc1ccc(C(=O)O)cc1. The summed E-state index contributed by atoms with van der Waals surface area (Å²) >= 11 is 0. The molecule has 1 aliphatic carbocycles. The summed E-state index contributed by atoms with van der Waals surface area (Å²) in [5.41, 5.74) is 2.24. The summed E-state index contributed by atoms with van der Waals surface area (Å²) in [5.74, 6) is -2.25. The molecule has 2 heterocycles. The lowest BCUT2D eigenvalue weighted by Crippen LogP contribution is -2.48. The minimum Gasteiger partial charge on any atom is -0.507 e. The summed E-state index contributed by atoms with van der Waals surface area (Å²) < 4.78 is 17.7. The van der Waals surface area contributed by atoms with Crippen molar-refractivity contribution in [2.24, 2.45) is 0 Å². The maximum Gasteiger partial charge on any atom is 0.335 e. The van der Waals surface area contributed by atoms with Crippen molar-refractivity contribution in [1.29, 1.82) is 0 Å². The maximum absolute atomic E-state index is 14.6. The molecule has 0 bridgehead atoms. The summed E-state index contributed by atoms with van der Waals surface area (Å²) in [7, 11) is 1.46. The molecular formula is C33H31NO10. The first kappa shape index (κ1) is 29.5. The third-order valence-corrected chi connectivity index (χ3v) is 8.27. The first-order chi connectivity index (χ1) is 21.0. The quantitative estimate of drug-likeness (QED) is 0.327. The molecule has 11 heteroatoms. The Hall–Kier alpha value is -4.55. The summed E-state index contributed by atoms with van der Waals surface area (Å²) in [4.78, 5) is 41.9. The summed E-state index contributed by atoms with van der Waals surface area (Å²) in [6.45, 7) is 3.45. The van der Waals surface area contributed by atoms with Gasteiger partial charge in [-0.1, -0.05) is 30.3 Å². The van der Waals surface area contributed by atoms with E-state index >= 15 is 0 Å². The summed E-state index contributed by atoms with van der Waals surface area (Å²) in [6, 6.07) is 14.1. The molecule has 0 aromatic heterocycles. The number of nitrogens with zero attached hydrogens (tertiary/aromatic N) is 1. The number of aryl methyl sites for hydroxylation is 1. The normalized spacial score (nSPS) is 24.5. The lowest BCUT2D eigenvalue weighted by Gasteiger charge is -2.42. The molecule has 3 aromatic carbocycles. The number of Topliss-reactive ketones (excluding diaryl/α,β-unsaturated/α-hetero) is 2. The lowest BCUT2D eigenvalue weighted by atomic mass is 9.78. The number of carbonyl (C=O) groups excluding carboxylic acids is 2. The number of aromatic carboxylic acids is 1. The Balaban J connectivity index is 1.49. The number of carboxylic acid groups (broad SMARTS) is 1. The van der Waals surface area contributed by atoms with Gasteiger partial charge >= 0.3 is 5.97 Å². The third kappa shape index (κ3) is 4.83. The van der Waals surface area contributed by atoms with Gasteiger partial charge in [0.15, 0.2) is 12.0 Å². The van der Waals surface area contributed by atoms with E-state index in [0.717, 1.165) is 5.56 Å². The molecule has 2 unspecified atom stereocenters. The first-order valence-corrected chi connectivity index (χ1v) is 14.1. The molecule has 1 saturated heterocycles. The minimum absolute atomic E-state index is 0.00671. The molecule has 3 aliphatic rings. The molecule has 0 spiro atoms. The highest BCUT2D eigenvalue weighted by Crippen LogP contribution is 2.49. The van der Waals surface area contributed by atoms with Gasteiger partial charge in [0, 0.05) is 36.8 Å². The van der Waals surface area contributed by atoms with Gasteiger partial charge in [-0.05, 0) is 49.2 Å². The molecule has 2 aliphatic heterocycles. The number of hydrogen-bond donors (Lipinski definition) is 4. The number of rotatable bonds is 6. The van der Waals surface area contributed by atoms with Gasteiger partial charge in [0.05, 0.1) is 28.9 Å². The Morgan fingerprint density at radius 3 is 2.43 bits per heavy atom. The van der Waals surface area contributed by atoms with E-state index in [2.05, 4.69) is 0 Å². The van der Waals surface area contributed by atoms with E-state index in [1.54, 1.807) is 43.0 Å². The van der Waals surface area contributed by atoms with Crippen molar-refractivity contribution in [1.82, 2.24) is 4.90 Å². The average molecular weight is 602 g/mol. The molecule has 0 amide bonds. The number of benzene rings is 3. The predicted octanol–water partition coefficient (Wildman–Crippen LogP) is 3.59. The Morgan fingerprint density at radius 2 is 1.77 bits per heavy atom. The van der Waals surface area contributed by atoms with E-state index in [1.807, 2.05) is 0 Å². The fourth-order valence-electron chi connectivity index (χ4n) is 6.19. The van der Waals surface area contributed by atoms with E-state index in [9.17, 15) is 34.8 Å². The number of phenols is 1. The maximum atomic E-state index is 14.6. The van der Waals surface area contributed by atoms with Crippen molar-refractivity contribution >= 4 is 23.1 Å². The van der Waals surface area contributed by atoms with Crippen LogP contribution in [0.25, 0.3) is 5.57 Å². The highest BCUT2D eigenvalue weighted by atomic mass is 16.7. The Bertz CT molecular complexity index is 1700. The van der Waals surface area contributed by atoms with Crippen molar-refractivity contribution in [3.8, 4) is 11.5 Å². The van der Waals surface area contributed by atoms with Gasteiger partial charge in [0.2, 0.25) is 12.1 Å². The standard InChI is InChI=1S/C33H31NO10/c1-15-11-20-25(21(35)12-15)27-28(34(32(20)42-3)14-17-7-9-18(10-8-17)33(40)41)31(39)26-19(30(27)38)5-4-6-23(26)44-24-13-22(36)29(37)16(2)43-24/h4-12,16,22,24,29,32,35-37H,13-14H2,1-3H3,(H,40,41)/t16?,22-,24-,29-,32?/m0/s1. The molecule has 4 N–H and O–H groups in total. The van der Waals surface area contributed by atoms with Crippen molar-refractivity contribution in [2.45, 2.75) is 57.6 Å². The number of carbonyl (C=O) groups is 3. The molecule has 0 saturated carbocycles. The highest BCUT2D eigenvalue weighted by molar-refractivity contribution is 6.41. The number of phenolic OH excluding ortho intramolecular Hbond substituents is 1. The Kier molecular flexibility index (Phi) is 7.50. The molecule has 6 rings (SSSR count). The number of aromatic hydroxyl groups is 1. The van der Waals surface area contributed by atoms with E-state index in [-0.39, 0.29) is 58.0 Å². The van der Waals surface area contributed by atoms with Gasteiger partial charge < -0.3 is 39.5 Å².